The van der Waals surface area contributed by atoms with Crippen molar-refractivity contribution in [1.82, 2.24) is 0 Å². The summed E-state index contributed by atoms with van der Waals surface area (Å²) in [5.74, 6) is 1.47. The van der Waals surface area contributed by atoms with Gasteiger partial charge in [-0.05, 0) is 53.6 Å². The molecule has 0 spiro atoms. The molecule has 0 amide bonds. The van der Waals surface area contributed by atoms with Crippen LogP contribution in [0.1, 0.15) is 19.8 Å². The van der Waals surface area contributed by atoms with Crippen LogP contribution in [0.4, 0.5) is 0 Å². The van der Waals surface area contributed by atoms with Gasteiger partial charge in [0.25, 0.3) is 0 Å². The standard InChI is InChI=1S/C22H22O4/c1-2-3-14-24-19-10-12-20(13-11-19)25-16-22(23)26-21-9-8-17-6-4-5-7-18(17)15-21/h4-13,15H,2-3,14,16H2,1H3. The zero-order valence-corrected chi connectivity index (χ0v) is 14.8. The molecule has 0 saturated carbocycles. The van der Waals surface area contributed by atoms with Crippen molar-refractivity contribution in [2.75, 3.05) is 13.2 Å². The van der Waals surface area contributed by atoms with Crippen molar-refractivity contribution in [3.63, 3.8) is 0 Å². The molecular weight excluding hydrogens is 328 g/mol. The van der Waals surface area contributed by atoms with E-state index in [1.165, 1.54) is 0 Å². The molecule has 0 heterocycles. The largest absolute Gasteiger partial charge is 0.494 e. The third kappa shape index (κ3) is 4.99. The summed E-state index contributed by atoms with van der Waals surface area (Å²) >= 11 is 0. The SMILES string of the molecule is CCCCOc1ccc(OCC(=O)Oc2ccc3ccccc3c2)cc1. The Balaban J connectivity index is 1.50. The van der Waals surface area contributed by atoms with Gasteiger partial charge in [-0.25, -0.2) is 4.79 Å². The first kappa shape index (κ1) is 17.8. The molecule has 0 atom stereocenters. The van der Waals surface area contributed by atoms with Crippen LogP contribution < -0.4 is 14.2 Å². The maximum Gasteiger partial charge on any atom is 0.349 e. The van der Waals surface area contributed by atoms with E-state index in [4.69, 9.17) is 14.2 Å². The van der Waals surface area contributed by atoms with Crippen LogP contribution >= 0.6 is 0 Å². The van der Waals surface area contributed by atoms with Crippen molar-refractivity contribution in [3.05, 3.63) is 66.7 Å². The fourth-order valence-corrected chi connectivity index (χ4v) is 2.50. The van der Waals surface area contributed by atoms with E-state index in [2.05, 4.69) is 6.92 Å². The summed E-state index contributed by atoms with van der Waals surface area (Å²) in [4.78, 5) is 12.0. The highest BCUT2D eigenvalue weighted by Gasteiger charge is 2.07. The summed E-state index contributed by atoms with van der Waals surface area (Å²) in [7, 11) is 0. The molecular formula is C22H22O4. The van der Waals surface area contributed by atoms with Gasteiger partial charge in [0.15, 0.2) is 6.61 Å². The van der Waals surface area contributed by atoms with E-state index >= 15 is 0 Å². The van der Waals surface area contributed by atoms with E-state index in [0.717, 1.165) is 29.4 Å². The number of hydrogen-bond donors (Lipinski definition) is 0. The van der Waals surface area contributed by atoms with Crippen LogP contribution in [0.25, 0.3) is 10.8 Å². The zero-order valence-electron chi connectivity index (χ0n) is 14.8. The number of fused-ring (bicyclic) bond motifs is 1. The minimum Gasteiger partial charge on any atom is -0.494 e. The lowest BCUT2D eigenvalue weighted by Crippen LogP contribution is -2.17. The number of carbonyl (C=O) groups is 1. The van der Waals surface area contributed by atoms with Gasteiger partial charge in [-0.1, -0.05) is 43.7 Å². The Morgan fingerprint density at radius 2 is 1.46 bits per heavy atom. The molecule has 0 aromatic heterocycles. The van der Waals surface area contributed by atoms with Crippen molar-refractivity contribution < 1.29 is 19.0 Å². The number of hydrogen-bond acceptors (Lipinski definition) is 4. The monoisotopic (exact) mass is 350 g/mol. The Hall–Kier alpha value is -3.01. The number of esters is 1. The van der Waals surface area contributed by atoms with Gasteiger partial charge in [-0.3, -0.25) is 0 Å². The average molecular weight is 350 g/mol. The van der Waals surface area contributed by atoms with Crippen LogP contribution in [0.5, 0.6) is 17.2 Å². The Morgan fingerprint density at radius 1 is 0.808 bits per heavy atom. The predicted molar refractivity (Wildman–Crippen MR) is 102 cm³/mol. The Bertz CT molecular complexity index is 855. The van der Waals surface area contributed by atoms with E-state index in [0.29, 0.717) is 18.1 Å². The van der Waals surface area contributed by atoms with E-state index in [1.54, 1.807) is 18.2 Å². The van der Waals surface area contributed by atoms with Gasteiger partial charge >= 0.3 is 5.97 Å². The Morgan fingerprint density at radius 3 is 2.19 bits per heavy atom. The van der Waals surface area contributed by atoms with Crippen molar-refractivity contribution in [2.24, 2.45) is 0 Å². The molecule has 0 unspecified atom stereocenters. The van der Waals surface area contributed by atoms with Crippen molar-refractivity contribution in [1.29, 1.82) is 0 Å². The van der Waals surface area contributed by atoms with Crippen LogP contribution in [-0.4, -0.2) is 19.2 Å². The van der Waals surface area contributed by atoms with Crippen LogP contribution in [0.2, 0.25) is 0 Å². The number of carbonyl (C=O) groups excluding carboxylic acids is 1. The van der Waals surface area contributed by atoms with Gasteiger partial charge in [0.2, 0.25) is 0 Å². The van der Waals surface area contributed by atoms with Crippen molar-refractivity contribution in [3.8, 4) is 17.2 Å². The molecule has 0 aliphatic carbocycles. The molecule has 0 radical (unpaired) electrons. The minimum atomic E-state index is -0.441. The Labute approximate surface area is 153 Å². The van der Waals surface area contributed by atoms with E-state index < -0.39 is 5.97 Å². The number of rotatable bonds is 8. The van der Waals surface area contributed by atoms with Gasteiger partial charge in [0, 0.05) is 0 Å². The second-order valence-corrected chi connectivity index (χ2v) is 5.95. The maximum absolute atomic E-state index is 12.0. The first-order chi connectivity index (χ1) is 12.7. The van der Waals surface area contributed by atoms with Gasteiger partial charge in [-0.2, -0.15) is 0 Å². The first-order valence-electron chi connectivity index (χ1n) is 8.80. The predicted octanol–water partition coefficient (Wildman–Crippen LogP) is 5.00. The second kappa shape index (κ2) is 8.90. The molecule has 134 valence electrons. The lowest BCUT2D eigenvalue weighted by molar-refractivity contribution is -0.136. The topological polar surface area (TPSA) is 44.8 Å². The fourth-order valence-electron chi connectivity index (χ4n) is 2.50. The van der Waals surface area contributed by atoms with E-state index in [1.807, 2.05) is 48.5 Å². The van der Waals surface area contributed by atoms with Gasteiger partial charge in [0.1, 0.15) is 17.2 Å². The Kier molecular flexibility index (Phi) is 6.09. The van der Waals surface area contributed by atoms with Crippen LogP contribution in [0, 0.1) is 0 Å². The number of unbranched alkanes of at least 4 members (excludes halogenated alkanes) is 1. The highest BCUT2D eigenvalue weighted by atomic mass is 16.6. The minimum absolute atomic E-state index is 0.150. The maximum atomic E-state index is 12.0. The summed E-state index contributed by atoms with van der Waals surface area (Å²) in [6.45, 7) is 2.68. The fraction of sp³-hybridized carbons (Fsp3) is 0.227. The summed E-state index contributed by atoms with van der Waals surface area (Å²) in [5, 5.41) is 2.13. The quantitative estimate of drug-likeness (QED) is 0.326. The molecule has 0 N–H and O–H groups in total. The highest BCUT2D eigenvalue weighted by molar-refractivity contribution is 5.84. The second-order valence-electron chi connectivity index (χ2n) is 5.95. The smallest absolute Gasteiger partial charge is 0.349 e. The lowest BCUT2D eigenvalue weighted by Gasteiger charge is -2.09. The summed E-state index contributed by atoms with van der Waals surface area (Å²) < 4.78 is 16.4. The third-order valence-electron chi connectivity index (χ3n) is 3.90. The van der Waals surface area contributed by atoms with Gasteiger partial charge < -0.3 is 14.2 Å². The molecule has 0 fully saturated rings. The first-order valence-corrected chi connectivity index (χ1v) is 8.80. The number of benzene rings is 3. The average Bonchev–Trinajstić information content (AvgIpc) is 2.67. The van der Waals surface area contributed by atoms with E-state index in [9.17, 15) is 4.79 Å². The summed E-state index contributed by atoms with van der Waals surface area (Å²) in [5.41, 5.74) is 0. The summed E-state index contributed by atoms with van der Waals surface area (Å²) in [6, 6.07) is 20.7. The summed E-state index contributed by atoms with van der Waals surface area (Å²) in [6.07, 6.45) is 2.12. The molecule has 3 aromatic rings. The van der Waals surface area contributed by atoms with Crippen molar-refractivity contribution in [2.45, 2.75) is 19.8 Å². The van der Waals surface area contributed by atoms with Crippen molar-refractivity contribution >= 4 is 16.7 Å². The van der Waals surface area contributed by atoms with E-state index in [-0.39, 0.29) is 6.61 Å². The van der Waals surface area contributed by atoms with Gasteiger partial charge in [0.05, 0.1) is 6.61 Å². The zero-order chi connectivity index (χ0) is 18.2. The molecule has 4 heteroatoms. The molecule has 0 saturated heterocycles. The molecule has 3 rings (SSSR count). The molecule has 26 heavy (non-hydrogen) atoms. The third-order valence-corrected chi connectivity index (χ3v) is 3.90. The molecule has 4 nitrogen and oxygen atoms in total. The number of ether oxygens (including phenoxy) is 3. The molecule has 0 aliphatic rings. The van der Waals surface area contributed by atoms with Crippen LogP contribution in [0.3, 0.4) is 0 Å². The molecule has 3 aromatic carbocycles. The lowest BCUT2D eigenvalue weighted by atomic mass is 10.1. The molecule has 0 bridgehead atoms. The molecule has 0 aliphatic heterocycles. The van der Waals surface area contributed by atoms with Crippen LogP contribution in [0.15, 0.2) is 66.7 Å². The normalized spacial score (nSPS) is 10.5. The van der Waals surface area contributed by atoms with Gasteiger partial charge in [-0.15, -0.1) is 0 Å². The highest BCUT2D eigenvalue weighted by Crippen LogP contribution is 2.21. The van der Waals surface area contributed by atoms with Crippen LogP contribution in [-0.2, 0) is 4.79 Å².